The molecule has 1 unspecified atom stereocenters. The van der Waals surface area contributed by atoms with Crippen LogP contribution in [0.3, 0.4) is 0 Å². The Bertz CT molecular complexity index is 602. The number of benzene rings is 1. The molecule has 1 aliphatic rings. The van der Waals surface area contributed by atoms with Crippen LogP contribution in [0.4, 0.5) is 0 Å². The van der Waals surface area contributed by atoms with Crippen LogP contribution < -0.4 is 4.74 Å². The summed E-state index contributed by atoms with van der Waals surface area (Å²) in [5.41, 5.74) is 0. The highest BCUT2D eigenvalue weighted by atomic mass is 16.5. The standard InChI is InChI=1S/C26H38O2/c1-3-5-7-8-12-19-25-22(20-21-26(25)27)14-13-18-23(15-6-4-2)28-24-16-10-9-11-17-24/h8-14,16-17,22-23,25H,3-7,15,18-21H2,1-2H3/t22-,23?,25+/m0/s1. The largest absolute Gasteiger partial charge is 0.490 e. The summed E-state index contributed by atoms with van der Waals surface area (Å²) in [5, 5.41) is 0. The number of para-hydroxylation sites is 1. The van der Waals surface area contributed by atoms with Crippen LogP contribution in [0.1, 0.15) is 78.1 Å². The van der Waals surface area contributed by atoms with E-state index in [1.54, 1.807) is 0 Å². The Balaban J connectivity index is 1.87. The van der Waals surface area contributed by atoms with Crippen LogP contribution in [0, 0.1) is 11.8 Å². The van der Waals surface area contributed by atoms with Crippen LogP contribution in [-0.4, -0.2) is 11.9 Å². The number of hydrogen-bond donors (Lipinski definition) is 0. The number of ketones is 1. The molecule has 28 heavy (non-hydrogen) atoms. The Kier molecular flexibility index (Phi) is 10.7. The minimum atomic E-state index is 0.179. The van der Waals surface area contributed by atoms with Gasteiger partial charge < -0.3 is 4.74 Å². The van der Waals surface area contributed by atoms with E-state index < -0.39 is 0 Å². The molecule has 1 saturated carbocycles. The fraction of sp³-hybridized carbons (Fsp3) is 0.577. The van der Waals surface area contributed by atoms with Crippen molar-refractivity contribution >= 4 is 5.78 Å². The monoisotopic (exact) mass is 382 g/mol. The normalized spacial score (nSPS) is 21.0. The highest BCUT2D eigenvalue weighted by molar-refractivity contribution is 5.83. The topological polar surface area (TPSA) is 26.3 Å². The van der Waals surface area contributed by atoms with E-state index in [-0.39, 0.29) is 12.0 Å². The van der Waals surface area contributed by atoms with Gasteiger partial charge in [-0.3, -0.25) is 4.79 Å². The second-order valence-electron chi connectivity index (χ2n) is 7.98. The lowest BCUT2D eigenvalue weighted by atomic mass is 9.91. The fourth-order valence-electron chi connectivity index (χ4n) is 3.91. The summed E-state index contributed by atoms with van der Waals surface area (Å²) in [6.07, 6.45) is 19.8. The summed E-state index contributed by atoms with van der Waals surface area (Å²) in [5.74, 6) is 1.96. The molecule has 1 aliphatic carbocycles. The molecule has 2 rings (SSSR count). The summed E-state index contributed by atoms with van der Waals surface area (Å²) in [7, 11) is 0. The number of carbonyl (C=O) groups is 1. The molecule has 0 saturated heterocycles. The van der Waals surface area contributed by atoms with Crippen molar-refractivity contribution in [1.29, 1.82) is 0 Å². The Morgan fingerprint density at radius 2 is 1.86 bits per heavy atom. The summed E-state index contributed by atoms with van der Waals surface area (Å²) in [6.45, 7) is 4.43. The maximum Gasteiger partial charge on any atom is 0.136 e. The molecule has 0 N–H and O–H groups in total. The lowest BCUT2D eigenvalue weighted by Gasteiger charge is -2.18. The third kappa shape index (κ3) is 8.04. The van der Waals surface area contributed by atoms with Crippen LogP contribution in [0.25, 0.3) is 0 Å². The van der Waals surface area contributed by atoms with Gasteiger partial charge in [0.2, 0.25) is 0 Å². The van der Waals surface area contributed by atoms with Gasteiger partial charge in [-0.1, -0.05) is 82.0 Å². The average Bonchev–Trinajstić information content (AvgIpc) is 3.06. The quantitative estimate of drug-likeness (QED) is 0.264. The van der Waals surface area contributed by atoms with Gasteiger partial charge in [-0.05, 0) is 43.7 Å². The molecule has 0 spiro atoms. The highest BCUT2D eigenvalue weighted by Crippen LogP contribution is 2.33. The summed E-state index contributed by atoms with van der Waals surface area (Å²) in [6, 6.07) is 10.1. The number of rotatable bonds is 13. The lowest BCUT2D eigenvalue weighted by molar-refractivity contribution is -0.120. The maximum absolute atomic E-state index is 12.3. The number of ether oxygens (including phenoxy) is 1. The number of Topliss-reactive ketones (excluding diaryl/α,β-unsaturated/α-hetero) is 1. The number of hydrogen-bond acceptors (Lipinski definition) is 2. The smallest absolute Gasteiger partial charge is 0.136 e. The molecule has 1 fully saturated rings. The Hall–Kier alpha value is -1.83. The third-order valence-corrected chi connectivity index (χ3v) is 5.64. The Labute approximate surface area is 172 Å². The zero-order chi connectivity index (χ0) is 20.0. The van der Waals surface area contributed by atoms with Crippen LogP contribution in [0.5, 0.6) is 5.75 Å². The number of allylic oxidation sites excluding steroid dienone is 3. The maximum atomic E-state index is 12.3. The molecule has 0 aromatic heterocycles. The van der Waals surface area contributed by atoms with Crippen LogP contribution in [0.2, 0.25) is 0 Å². The molecule has 0 heterocycles. The molecule has 0 aliphatic heterocycles. The van der Waals surface area contributed by atoms with Gasteiger partial charge in [0.25, 0.3) is 0 Å². The van der Waals surface area contributed by atoms with Gasteiger partial charge in [0.05, 0.1) is 0 Å². The van der Waals surface area contributed by atoms with E-state index >= 15 is 0 Å². The van der Waals surface area contributed by atoms with E-state index in [4.69, 9.17) is 4.74 Å². The molecule has 0 radical (unpaired) electrons. The van der Waals surface area contributed by atoms with E-state index in [2.05, 4.69) is 38.2 Å². The second-order valence-corrected chi connectivity index (χ2v) is 7.98. The first-order valence-corrected chi connectivity index (χ1v) is 11.3. The Morgan fingerprint density at radius 3 is 2.61 bits per heavy atom. The molecule has 0 bridgehead atoms. The predicted octanol–water partition coefficient (Wildman–Crippen LogP) is 7.30. The SMILES string of the molecule is CCCCC=CC[C@H]1C(=O)CC[C@@H]1C=CCC(CCCC)Oc1ccccc1. The van der Waals surface area contributed by atoms with Gasteiger partial charge in [0, 0.05) is 18.8 Å². The van der Waals surface area contributed by atoms with Crippen molar-refractivity contribution in [2.45, 2.75) is 84.2 Å². The zero-order valence-corrected chi connectivity index (χ0v) is 17.8. The van der Waals surface area contributed by atoms with Crippen LogP contribution in [0.15, 0.2) is 54.6 Å². The van der Waals surface area contributed by atoms with E-state index in [1.807, 2.05) is 30.3 Å². The van der Waals surface area contributed by atoms with Crippen molar-refractivity contribution in [3.05, 3.63) is 54.6 Å². The van der Waals surface area contributed by atoms with Crippen LogP contribution >= 0.6 is 0 Å². The third-order valence-electron chi connectivity index (χ3n) is 5.64. The van der Waals surface area contributed by atoms with Gasteiger partial charge in [-0.2, -0.15) is 0 Å². The van der Waals surface area contributed by atoms with Gasteiger partial charge in [0.15, 0.2) is 0 Å². The number of unbranched alkanes of at least 4 members (excludes halogenated alkanes) is 3. The first kappa shape index (κ1) is 22.5. The fourth-order valence-corrected chi connectivity index (χ4v) is 3.91. The second kappa shape index (κ2) is 13.4. The highest BCUT2D eigenvalue weighted by Gasteiger charge is 2.31. The van der Waals surface area contributed by atoms with Gasteiger partial charge in [0.1, 0.15) is 17.6 Å². The van der Waals surface area contributed by atoms with Crippen molar-refractivity contribution < 1.29 is 9.53 Å². The van der Waals surface area contributed by atoms with E-state index in [0.29, 0.717) is 11.7 Å². The lowest BCUT2D eigenvalue weighted by Crippen LogP contribution is -2.16. The zero-order valence-electron chi connectivity index (χ0n) is 17.8. The first-order valence-electron chi connectivity index (χ1n) is 11.3. The molecule has 0 amide bonds. The predicted molar refractivity (Wildman–Crippen MR) is 119 cm³/mol. The van der Waals surface area contributed by atoms with Gasteiger partial charge >= 0.3 is 0 Å². The Morgan fingerprint density at radius 1 is 1.07 bits per heavy atom. The van der Waals surface area contributed by atoms with Crippen molar-refractivity contribution in [1.82, 2.24) is 0 Å². The van der Waals surface area contributed by atoms with E-state index in [9.17, 15) is 4.79 Å². The van der Waals surface area contributed by atoms with Gasteiger partial charge in [-0.15, -0.1) is 0 Å². The van der Waals surface area contributed by atoms with Crippen LogP contribution in [-0.2, 0) is 4.79 Å². The molecule has 1 aromatic rings. The number of carbonyl (C=O) groups excluding carboxylic acids is 1. The van der Waals surface area contributed by atoms with Crippen molar-refractivity contribution in [2.24, 2.45) is 11.8 Å². The molecule has 154 valence electrons. The first-order chi connectivity index (χ1) is 13.7. The minimum absolute atomic E-state index is 0.179. The average molecular weight is 383 g/mol. The van der Waals surface area contributed by atoms with E-state index in [1.165, 1.54) is 25.7 Å². The van der Waals surface area contributed by atoms with E-state index in [0.717, 1.165) is 44.3 Å². The summed E-state index contributed by atoms with van der Waals surface area (Å²) < 4.78 is 6.20. The summed E-state index contributed by atoms with van der Waals surface area (Å²) >= 11 is 0. The molecular formula is C26H38O2. The molecule has 2 heteroatoms. The van der Waals surface area contributed by atoms with Crippen molar-refractivity contribution in [2.75, 3.05) is 0 Å². The van der Waals surface area contributed by atoms with Gasteiger partial charge in [-0.25, -0.2) is 0 Å². The minimum Gasteiger partial charge on any atom is -0.490 e. The van der Waals surface area contributed by atoms with Crippen molar-refractivity contribution in [3.63, 3.8) is 0 Å². The molecule has 3 atom stereocenters. The molecular weight excluding hydrogens is 344 g/mol. The molecule has 1 aromatic carbocycles. The molecule has 2 nitrogen and oxygen atoms in total. The summed E-state index contributed by atoms with van der Waals surface area (Å²) in [4.78, 5) is 12.3. The van der Waals surface area contributed by atoms with Crippen molar-refractivity contribution in [3.8, 4) is 5.75 Å².